The van der Waals surface area contributed by atoms with Gasteiger partial charge in [0.05, 0.1) is 5.56 Å². The molecule has 37 heavy (non-hydrogen) atoms. The summed E-state index contributed by atoms with van der Waals surface area (Å²) in [4.78, 5) is 50.5. The van der Waals surface area contributed by atoms with Crippen LogP contribution in [0.4, 0.5) is 0 Å². The number of primary amides is 1. The van der Waals surface area contributed by atoms with E-state index in [1.54, 1.807) is 63.2 Å². The van der Waals surface area contributed by atoms with Gasteiger partial charge in [-0.3, -0.25) is 15.0 Å². The van der Waals surface area contributed by atoms with E-state index in [1.165, 1.54) is 17.0 Å². The molecule has 1 atom stereocenters. The van der Waals surface area contributed by atoms with Gasteiger partial charge in [-0.2, -0.15) is 0 Å². The molecule has 0 saturated carbocycles. The first-order valence-electron chi connectivity index (χ1n) is 11.7. The van der Waals surface area contributed by atoms with Gasteiger partial charge < -0.3 is 26.2 Å². The molecule has 0 bridgehead atoms. The summed E-state index contributed by atoms with van der Waals surface area (Å²) in [7, 11) is 0. The van der Waals surface area contributed by atoms with Crippen molar-refractivity contribution in [2.75, 3.05) is 6.54 Å². The number of amidine groups is 1. The highest BCUT2D eigenvalue weighted by Crippen LogP contribution is 2.28. The van der Waals surface area contributed by atoms with Gasteiger partial charge in [-0.1, -0.05) is 19.1 Å². The molecule has 0 fully saturated rings. The van der Waals surface area contributed by atoms with Gasteiger partial charge >= 0.3 is 11.9 Å². The molecule has 2 aromatic carbocycles. The number of hydrogen-bond acceptors (Lipinski definition) is 6. The molecule has 0 spiro atoms. The fourth-order valence-electron chi connectivity index (χ4n) is 3.96. The van der Waals surface area contributed by atoms with Crippen LogP contribution in [0.25, 0.3) is 6.08 Å². The molecule has 2 rings (SSSR count). The van der Waals surface area contributed by atoms with E-state index in [4.69, 9.17) is 21.6 Å². The van der Waals surface area contributed by atoms with E-state index < -0.39 is 29.3 Å². The van der Waals surface area contributed by atoms with Crippen LogP contribution >= 0.6 is 0 Å². The van der Waals surface area contributed by atoms with Crippen LogP contribution in [0.2, 0.25) is 0 Å². The zero-order chi connectivity index (χ0) is 27.8. The van der Waals surface area contributed by atoms with Crippen molar-refractivity contribution in [2.45, 2.75) is 45.6 Å². The van der Waals surface area contributed by atoms with Crippen LogP contribution in [0, 0.1) is 5.41 Å². The number of nitrogens with two attached hydrogens (primary N) is 2. The first kappa shape index (κ1) is 28.8. The summed E-state index contributed by atoms with van der Waals surface area (Å²) in [6.07, 6.45) is 1.45. The zero-order valence-electron chi connectivity index (χ0n) is 21.1. The van der Waals surface area contributed by atoms with E-state index in [0.717, 1.165) is 0 Å². The van der Waals surface area contributed by atoms with Crippen molar-refractivity contribution in [3.05, 3.63) is 70.8 Å². The molecular formula is C27H32N4O6. The number of benzene rings is 2. The molecule has 0 aliphatic rings. The van der Waals surface area contributed by atoms with Crippen molar-refractivity contribution in [1.29, 1.82) is 5.41 Å². The molecule has 2 amide bonds. The number of carbonyl (C=O) groups is 4. The summed E-state index contributed by atoms with van der Waals surface area (Å²) < 4.78 is 5.34. The number of carbonyl (C=O) groups excluding carboxylic acids is 3. The lowest BCUT2D eigenvalue weighted by Crippen LogP contribution is -2.57. The minimum absolute atomic E-state index is 0.0880. The third-order valence-electron chi connectivity index (χ3n) is 6.09. The fourth-order valence-corrected chi connectivity index (χ4v) is 3.96. The summed E-state index contributed by atoms with van der Waals surface area (Å²) in [6, 6.07) is 12.6. The van der Waals surface area contributed by atoms with E-state index in [2.05, 4.69) is 0 Å². The van der Waals surface area contributed by atoms with Crippen molar-refractivity contribution in [1.82, 2.24) is 4.90 Å². The minimum Gasteiger partial charge on any atom is -0.479 e. The Bertz CT molecular complexity index is 1200. The van der Waals surface area contributed by atoms with Crippen LogP contribution in [-0.4, -0.2) is 51.7 Å². The minimum atomic E-state index is -1.56. The standard InChI is InChI=1S/C27H32N4O6/c1-4-27(26(35)36,15-14-22(28)32)31(5-2)24(33)17(3)16-18-6-8-20(9-7-18)25(34)37-21-12-10-19(11-13-21)23(29)30/h6-13,16H,4-5,14-15H2,1-3H3,(H2,28,32)(H3,29,30)(H,35,36)/b17-16+/t27-/m0/s1. The molecule has 0 saturated heterocycles. The lowest BCUT2D eigenvalue weighted by Gasteiger charge is -2.39. The second-order valence-corrected chi connectivity index (χ2v) is 8.48. The fraction of sp³-hybridized carbons (Fsp3) is 0.296. The highest BCUT2D eigenvalue weighted by molar-refractivity contribution is 6.00. The number of nitrogens with zero attached hydrogens (tertiary/aromatic N) is 1. The lowest BCUT2D eigenvalue weighted by molar-refractivity contribution is -0.159. The molecule has 0 heterocycles. The number of nitrogen functional groups attached to an aromatic ring is 1. The number of carboxylic acids is 1. The van der Waals surface area contributed by atoms with Gasteiger partial charge in [0.2, 0.25) is 11.8 Å². The smallest absolute Gasteiger partial charge is 0.343 e. The van der Waals surface area contributed by atoms with E-state index in [1.807, 2.05) is 0 Å². The second kappa shape index (κ2) is 12.5. The number of hydrogen-bond donors (Lipinski definition) is 4. The van der Waals surface area contributed by atoms with Gasteiger partial charge in [0, 0.05) is 24.1 Å². The molecule has 0 radical (unpaired) electrons. The number of ether oxygens (including phenoxy) is 1. The van der Waals surface area contributed by atoms with Crippen LogP contribution in [0.1, 0.15) is 61.5 Å². The monoisotopic (exact) mass is 508 g/mol. The Labute approximate surface area is 215 Å². The highest BCUT2D eigenvalue weighted by atomic mass is 16.5. The molecule has 10 heteroatoms. The van der Waals surface area contributed by atoms with Crippen molar-refractivity contribution in [3.63, 3.8) is 0 Å². The van der Waals surface area contributed by atoms with E-state index in [9.17, 15) is 24.3 Å². The molecular weight excluding hydrogens is 476 g/mol. The lowest BCUT2D eigenvalue weighted by atomic mass is 9.87. The molecule has 10 nitrogen and oxygen atoms in total. The summed E-state index contributed by atoms with van der Waals surface area (Å²) in [5.74, 6) is -2.69. The van der Waals surface area contributed by atoms with E-state index in [-0.39, 0.29) is 37.2 Å². The van der Waals surface area contributed by atoms with Gasteiger partial charge in [0.1, 0.15) is 17.1 Å². The number of amides is 2. The van der Waals surface area contributed by atoms with Gasteiger partial charge in [0.15, 0.2) is 0 Å². The highest BCUT2D eigenvalue weighted by Gasteiger charge is 2.44. The average Bonchev–Trinajstić information content (AvgIpc) is 2.86. The third kappa shape index (κ3) is 7.03. The van der Waals surface area contributed by atoms with Crippen LogP contribution in [0.3, 0.4) is 0 Å². The van der Waals surface area contributed by atoms with Gasteiger partial charge in [-0.05, 0) is 74.7 Å². The molecule has 0 aliphatic carbocycles. The number of esters is 1. The molecule has 2 aromatic rings. The maximum absolute atomic E-state index is 13.3. The number of carboxylic acid groups (broad SMARTS) is 1. The Morgan fingerprint density at radius 2 is 1.57 bits per heavy atom. The van der Waals surface area contributed by atoms with Gasteiger partial charge in [0.25, 0.3) is 0 Å². The first-order valence-corrected chi connectivity index (χ1v) is 11.7. The van der Waals surface area contributed by atoms with Crippen LogP contribution in [0.5, 0.6) is 5.75 Å². The zero-order valence-corrected chi connectivity index (χ0v) is 21.1. The topological polar surface area (TPSA) is 177 Å². The second-order valence-electron chi connectivity index (χ2n) is 8.48. The maximum Gasteiger partial charge on any atom is 0.343 e. The summed E-state index contributed by atoms with van der Waals surface area (Å²) >= 11 is 0. The normalized spacial score (nSPS) is 12.8. The van der Waals surface area contributed by atoms with Gasteiger partial charge in [-0.15, -0.1) is 0 Å². The molecule has 0 aliphatic heterocycles. The average molecular weight is 509 g/mol. The van der Waals surface area contributed by atoms with Crippen LogP contribution in [-0.2, 0) is 14.4 Å². The van der Waals surface area contributed by atoms with Crippen molar-refractivity contribution in [2.24, 2.45) is 11.5 Å². The Balaban J connectivity index is 2.20. The summed E-state index contributed by atoms with van der Waals surface area (Å²) in [6.45, 7) is 5.03. The third-order valence-corrected chi connectivity index (χ3v) is 6.09. The Morgan fingerprint density at radius 1 is 1.00 bits per heavy atom. The number of nitrogens with one attached hydrogen (secondary N) is 1. The predicted octanol–water partition coefficient (Wildman–Crippen LogP) is 2.94. The van der Waals surface area contributed by atoms with Crippen LogP contribution < -0.4 is 16.2 Å². The van der Waals surface area contributed by atoms with Crippen LogP contribution in [0.15, 0.2) is 54.1 Å². The first-order chi connectivity index (χ1) is 17.4. The summed E-state index contributed by atoms with van der Waals surface area (Å²) in [5, 5.41) is 17.4. The van der Waals surface area contributed by atoms with Crippen molar-refractivity contribution < 1.29 is 29.0 Å². The molecule has 0 aromatic heterocycles. The maximum atomic E-state index is 13.3. The summed E-state index contributed by atoms with van der Waals surface area (Å²) in [5.41, 5.74) is 10.8. The molecule has 196 valence electrons. The van der Waals surface area contributed by atoms with E-state index in [0.29, 0.717) is 22.4 Å². The molecule has 0 unspecified atom stereocenters. The molecule has 6 N–H and O–H groups in total. The quantitative estimate of drug-likeness (QED) is 0.112. The Kier molecular flexibility index (Phi) is 9.70. The number of likely N-dealkylation sites (N-methyl/N-ethyl adjacent to an activating group) is 1. The Hall–Kier alpha value is -4.47. The Morgan fingerprint density at radius 3 is 2.03 bits per heavy atom. The number of aliphatic carboxylic acids is 1. The van der Waals surface area contributed by atoms with Crippen molar-refractivity contribution >= 4 is 35.7 Å². The van der Waals surface area contributed by atoms with Gasteiger partial charge in [-0.25, -0.2) is 9.59 Å². The SMILES string of the molecule is CCN(C(=O)/C(C)=C/c1ccc(C(=O)Oc2ccc(C(=N)N)cc2)cc1)[C@@](CC)(CCC(N)=O)C(=O)O. The largest absolute Gasteiger partial charge is 0.479 e. The van der Waals surface area contributed by atoms with E-state index >= 15 is 0 Å². The van der Waals surface area contributed by atoms with Crippen molar-refractivity contribution in [3.8, 4) is 5.75 Å². The number of rotatable bonds is 12. The predicted molar refractivity (Wildman–Crippen MR) is 139 cm³/mol.